The summed E-state index contributed by atoms with van der Waals surface area (Å²) in [6, 6.07) is 3.63. The molecule has 176 valence electrons. The summed E-state index contributed by atoms with van der Waals surface area (Å²) in [5.41, 5.74) is 0.188. The van der Waals surface area contributed by atoms with Gasteiger partial charge in [-0.05, 0) is 45.1 Å². The van der Waals surface area contributed by atoms with Gasteiger partial charge in [0.2, 0.25) is 11.8 Å². The Morgan fingerprint density at radius 1 is 1.16 bits per heavy atom. The first-order valence-corrected chi connectivity index (χ1v) is 10.6. The van der Waals surface area contributed by atoms with Crippen LogP contribution in [0, 0.1) is 11.6 Å². The highest BCUT2D eigenvalue weighted by molar-refractivity contribution is 5.96. The number of carbonyl (C=O) groups excluding carboxylic acids is 2. The molecular weight excluding hydrogens is 420 g/mol. The number of amides is 2. The normalized spacial score (nSPS) is 13.1. The molecule has 0 saturated heterocycles. The molecule has 0 radical (unpaired) electrons. The Hall–Kier alpha value is -2.85. The molecule has 32 heavy (non-hydrogen) atoms. The average molecular weight is 452 g/mol. The van der Waals surface area contributed by atoms with Gasteiger partial charge in [0.05, 0.1) is 12.5 Å². The first kappa shape index (κ1) is 25.4. The van der Waals surface area contributed by atoms with E-state index in [9.17, 15) is 18.4 Å². The molecule has 2 aromatic rings. The number of carbonyl (C=O) groups is 2. The molecule has 1 aromatic heterocycles. The summed E-state index contributed by atoms with van der Waals surface area (Å²) in [6.07, 6.45) is 0.790. The van der Waals surface area contributed by atoms with Crippen molar-refractivity contribution in [2.75, 3.05) is 32.5 Å². The van der Waals surface area contributed by atoms with Crippen LogP contribution in [0.4, 0.5) is 14.6 Å². The molecule has 2 atom stereocenters. The van der Waals surface area contributed by atoms with Gasteiger partial charge in [0.25, 0.3) is 0 Å². The number of halogens is 2. The van der Waals surface area contributed by atoms with Crippen LogP contribution in [0.2, 0.25) is 0 Å². The lowest BCUT2D eigenvalue weighted by atomic mass is 10.1. The Labute approximate surface area is 186 Å². The number of rotatable bonds is 12. The average Bonchev–Trinajstić information content (AvgIpc) is 3.15. The predicted molar refractivity (Wildman–Crippen MR) is 117 cm³/mol. The summed E-state index contributed by atoms with van der Waals surface area (Å²) in [7, 11) is 3.96. The highest BCUT2D eigenvalue weighted by Gasteiger charge is 2.22. The van der Waals surface area contributed by atoms with Crippen LogP contribution in [0.3, 0.4) is 0 Å². The largest absolute Gasteiger partial charge is 0.358 e. The minimum absolute atomic E-state index is 0.0918. The van der Waals surface area contributed by atoms with Gasteiger partial charge in [-0.2, -0.15) is 0 Å². The van der Waals surface area contributed by atoms with Crippen molar-refractivity contribution in [3.05, 3.63) is 47.2 Å². The highest BCUT2D eigenvalue weighted by Crippen LogP contribution is 2.17. The molecule has 1 aromatic carbocycles. The Bertz CT molecular complexity index is 883. The highest BCUT2D eigenvalue weighted by atomic mass is 19.1. The number of benzene rings is 1. The van der Waals surface area contributed by atoms with E-state index in [2.05, 4.69) is 26.0 Å². The lowest BCUT2D eigenvalue weighted by molar-refractivity contribution is -0.126. The maximum Gasteiger partial charge on any atom is 0.248 e. The standard InChI is InChI=1S/C22H31F2N5O3/c1-5-6-18(26-21(30)11-15-9-16(23)12-17(24)10-15)22(31)27-20-13-19(32-28-20)14(2)25-7-8-29(3)4/h9-10,12-14,18,25H,5-8,11H2,1-4H3,(H,26,30)(H,27,28,31). The molecule has 2 amide bonds. The predicted octanol–water partition coefficient (Wildman–Crippen LogP) is 2.63. The van der Waals surface area contributed by atoms with E-state index in [0.29, 0.717) is 18.6 Å². The van der Waals surface area contributed by atoms with Gasteiger partial charge in [0, 0.05) is 25.2 Å². The lowest BCUT2D eigenvalue weighted by Crippen LogP contribution is -2.44. The van der Waals surface area contributed by atoms with Gasteiger partial charge >= 0.3 is 0 Å². The maximum atomic E-state index is 13.3. The molecule has 10 heteroatoms. The smallest absolute Gasteiger partial charge is 0.248 e. The van der Waals surface area contributed by atoms with Gasteiger partial charge in [-0.3, -0.25) is 9.59 Å². The van der Waals surface area contributed by atoms with Crippen molar-refractivity contribution in [1.82, 2.24) is 20.7 Å². The van der Waals surface area contributed by atoms with Gasteiger partial charge in [-0.15, -0.1) is 0 Å². The second-order valence-electron chi connectivity index (χ2n) is 7.95. The van der Waals surface area contributed by atoms with Crippen molar-refractivity contribution in [2.24, 2.45) is 0 Å². The minimum Gasteiger partial charge on any atom is -0.358 e. The zero-order chi connectivity index (χ0) is 23.7. The molecule has 2 rings (SSSR count). The molecule has 0 aliphatic carbocycles. The Morgan fingerprint density at radius 3 is 2.47 bits per heavy atom. The Morgan fingerprint density at radius 2 is 1.84 bits per heavy atom. The third kappa shape index (κ3) is 8.35. The third-order valence-electron chi connectivity index (χ3n) is 4.73. The van der Waals surface area contributed by atoms with E-state index in [1.807, 2.05) is 27.9 Å². The molecule has 0 aliphatic heterocycles. The summed E-state index contributed by atoms with van der Waals surface area (Å²) in [4.78, 5) is 27.1. The molecule has 0 fully saturated rings. The van der Waals surface area contributed by atoms with Crippen LogP contribution in [0.5, 0.6) is 0 Å². The van der Waals surface area contributed by atoms with Crippen molar-refractivity contribution < 1.29 is 22.9 Å². The van der Waals surface area contributed by atoms with Gasteiger partial charge in [0.15, 0.2) is 11.6 Å². The van der Waals surface area contributed by atoms with E-state index in [0.717, 1.165) is 31.3 Å². The minimum atomic E-state index is -0.818. The van der Waals surface area contributed by atoms with Crippen LogP contribution < -0.4 is 16.0 Å². The van der Waals surface area contributed by atoms with Crippen LogP contribution in [0.15, 0.2) is 28.8 Å². The molecule has 3 N–H and O–H groups in total. The molecule has 8 nitrogen and oxygen atoms in total. The molecule has 1 heterocycles. The van der Waals surface area contributed by atoms with Gasteiger partial charge < -0.3 is 25.4 Å². The Kier molecular flexibility index (Phi) is 9.73. The first-order chi connectivity index (χ1) is 15.2. The summed E-state index contributed by atoms with van der Waals surface area (Å²) in [6.45, 7) is 5.43. The Balaban J connectivity index is 1.93. The fraction of sp³-hybridized carbons (Fsp3) is 0.500. The molecule has 0 aliphatic rings. The van der Waals surface area contributed by atoms with Crippen LogP contribution in [0.25, 0.3) is 0 Å². The molecule has 0 saturated carbocycles. The third-order valence-corrected chi connectivity index (χ3v) is 4.73. The molecule has 2 unspecified atom stereocenters. The van der Waals surface area contributed by atoms with Gasteiger partial charge in [-0.25, -0.2) is 8.78 Å². The lowest BCUT2D eigenvalue weighted by Gasteiger charge is -2.17. The number of hydrogen-bond acceptors (Lipinski definition) is 6. The van der Waals surface area contributed by atoms with Crippen molar-refractivity contribution in [1.29, 1.82) is 0 Å². The number of nitrogens with one attached hydrogen (secondary N) is 3. The molecule has 0 spiro atoms. The fourth-order valence-electron chi connectivity index (χ4n) is 3.07. The van der Waals surface area contributed by atoms with Crippen LogP contribution in [-0.2, 0) is 16.0 Å². The van der Waals surface area contributed by atoms with Gasteiger partial charge in [-0.1, -0.05) is 18.5 Å². The van der Waals surface area contributed by atoms with Gasteiger partial charge in [0.1, 0.15) is 17.7 Å². The molecular formula is C22H31F2N5O3. The first-order valence-electron chi connectivity index (χ1n) is 10.6. The molecule has 0 bridgehead atoms. The number of likely N-dealkylation sites (N-methyl/N-ethyl adjacent to an activating group) is 1. The van der Waals surface area contributed by atoms with E-state index in [4.69, 9.17) is 4.52 Å². The van der Waals surface area contributed by atoms with Crippen LogP contribution >= 0.6 is 0 Å². The summed E-state index contributed by atoms with van der Waals surface area (Å²) >= 11 is 0. The fourth-order valence-corrected chi connectivity index (χ4v) is 3.07. The van der Waals surface area contributed by atoms with Crippen molar-refractivity contribution in [3.8, 4) is 0 Å². The summed E-state index contributed by atoms with van der Waals surface area (Å²) < 4.78 is 32.0. The second-order valence-corrected chi connectivity index (χ2v) is 7.95. The van der Waals surface area contributed by atoms with E-state index in [1.165, 1.54) is 0 Å². The zero-order valence-corrected chi connectivity index (χ0v) is 18.9. The number of anilines is 1. The zero-order valence-electron chi connectivity index (χ0n) is 18.9. The van der Waals surface area contributed by atoms with Crippen molar-refractivity contribution >= 4 is 17.6 Å². The number of hydrogen-bond donors (Lipinski definition) is 3. The van der Waals surface area contributed by atoms with Crippen molar-refractivity contribution in [3.63, 3.8) is 0 Å². The maximum absolute atomic E-state index is 13.3. The van der Waals surface area contributed by atoms with Crippen LogP contribution in [-0.4, -0.2) is 55.1 Å². The number of nitrogens with zero attached hydrogens (tertiary/aromatic N) is 2. The number of aromatic nitrogens is 1. The summed E-state index contributed by atoms with van der Waals surface area (Å²) in [5.74, 6) is -1.66. The van der Waals surface area contributed by atoms with E-state index in [1.54, 1.807) is 6.07 Å². The second kappa shape index (κ2) is 12.3. The SMILES string of the molecule is CCCC(NC(=O)Cc1cc(F)cc(F)c1)C(=O)Nc1cc(C(C)NCCN(C)C)on1. The summed E-state index contributed by atoms with van der Waals surface area (Å²) in [5, 5.41) is 12.4. The van der Waals surface area contributed by atoms with E-state index < -0.39 is 29.5 Å². The van der Waals surface area contributed by atoms with E-state index in [-0.39, 0.29) is 23.8 Å². The van der Waals surface area contributed by atoms with Crippen molar-refractivity contribution in [2.45, 2.75) is 45.2 Å². The quantitative estimate of drug-likeness (QED) is 0.459. The van der Waals surface area contributed by atoms with Crippen LogP contribution in [0.1, 0.15) is 44.1 Å². The topological polar surface area (TPSA) is 99.5 Å². The monoisotopic (exact) mass is 451 g/mol. The van der Waals surface area contributed by atoms with E-state index >= 15 is 0 Å².